The monoisotopic (exact) mass is 366 g/mol. The van der Waals surface area contributed by atoms with Crippen LogP contribution in [0.1, 0.15) is 29.6 Å². The van der Waals surface area contributed by atoms with Gasteiger partial charge < -0.3 is 9.64 Å². The van der Waals surface area contributed by atoms with Crippen LogP contribution in [0.5, 0.6) is 5.75 Å². The fourth-order valence-electron chi connectivity index (χ4n) is 4.35. The average Bonchev–Trinajstić information content (AvgIpc) is 3.12. The summed E-state index contributed by atoms with van der Waals surface area (Å²) in [4.78, 5) is 17.2. The second-order valence-electron chi connectivity index (χ2n) is 7.65. The van der Waals surface area contributed by atoms with Gasteiger partial charge in [-0.1, -0.05) is 18.2 Å². The van der Waals surface area contributed by atoms with E-state index in [-0.39, 0.29) is 11.3 Å². The maximum Gasteiger partial charge on any atom is 0.255 e. The van der Waals surface area contributed by atoms with Gasteiger partial charge in [0.2, 0.25) is 0 Å². The van der Waals surface area contributed by atoms with E-state index in [0.29, 0.717) is 12.2 Å². The van der Waals surface area contributed by atoms with Gasteiger partial charge in [-0.15, -0.1) is 0 Å². The summed E-state index contributed by atoms with van der Waals surface area (Å²) >= 11 is 0. The second-order valence-corrected chi connectivity index (χ2v) is 7.65. The number of rotatable bonds is 5. The Hall–Kier alpha value is -2.47. The van der Waals surface area contributed by atoms with Crippen molar-refractivity contribution in [2.24, 2.45) is 5.41 Å². The van der Waals surface area contributed by atoms with Crippen LogP contribution >= 0.6 is 0 Å². The van der Waals surface area contributed by atoms with Crippen LogP contribution in [-0.4, -0.2) is 65.2 Å². The summed E-state index contributed by atoms with van der Waals surface area (Å²) in [5, 5.41) is 7.59. The van der Waals surface area contributed by atoms with E-state index in [1.54, 1.807) is 18.5 Å². The number of hydrogen-bond acceptors (Lipinski definition) is 5. The summed E-state index contributed by atoms with van der Waals surface area (Å²) < 4.78 is 5.86. The van der Waals surface area contributed by atoms with Gasteiger partial charge in [-0.25, -0.2) is 0 Å². The largest absolute Gasteiger partial charge is 0.492 e. The molecule has 1 amide bonds. The number of piperidine rings is 1. The van der Waals surface area contributed by atoms with Crippen LogP contribution in [0.2, 0.25) is 0 Å². The van der Waals surface area contributed by atoms with Crippen molar-refractivity contribution in [1.82, 2.24) is 20.0 Å². The van der Waals surface area contributed by atoms with Crippen molar-refractivity contribution in [3.63, 3.8) is 0 Å². The predicted octanol–water partition coefficient (Wildman–Crippen LogP) is 2.48. The molecule has 142 valence electrons. The highest BCUT2D eigenvalue weighted by atomic mass is 16.5. The molecule has 1 aromatic carbocycles. The summed E-state index contributed by atoms with van der Waals surface area (Å²) in [6.07, 6.45) is 6.59. The van der Waals surface area contributed by atoms with Gasteiger partial charge >= 0.3 is 0 Å². The molecule has 0 bridgehead atoms. The van der Waals surface area contributed by atoms with Crippen molar-refractivity contribution in [3.8, 4) is 5.75 Å². The molecule has 6 nitrogen and oxygen atoms in total. The number of likely N-dealkylation sites (tertiary alicyclic amines) is 2. The molecular weight excluding hydrogens is 340 g/mol. The molecule has 2 fully saturated rings. The van der Waals surface area contributed by atoms with Gasteiger partial charge in [-0.3, -0.25) is 9.69 Å². The molecule has 3 heterocycles. The molecule has 2 aliphatic rings. The molecule has 1 spiro atoms. The summed E-state index contributed by atoms with van der Waals surface area (Å²) in [5.41, 5.74) is 0.854. The third kappa shape index (κ3) is 4.27. The van der Waals surface area contributed by atoms with Crippen LogP contribution in [0.3, 0.4) is 0 Å². The zero-order valence-electron chi connectivity index (χ0n) is 15.6. The summed E-state index contributed by atoms with van der Waals surface area (Å²) in [5.74, 6) is 0.999. The standard InChI is InChI=1S/C21H26N4O2/c26-20(18-7-10-22-23-15-18)25-12-9-21(17-25)8-4-11-24(16-21)13-14-27-19-5-2-1-3-6-19/h1-3,5-7,10,15H,4,8-9,11-14,16-17H2/t21-/m1/s1. The highest BCUT2D eigenvalue weighted by Crippen LogP contribution is 2.39. The second kappa shape index (κ2) is 8.05. The average molecular weight is 366 g/mol. The smallest absolute Gasteiger partial charge is 0.255 e. The lowest BCUT2D eigenvalue weighted by atomic mass is 9.79. The molecule has 0 radical (unpaired) electrons. The van der Waals surface area contributed by atoms with Crippen molar-refractivity contribution in [3.05, 3.63) is 54.4 Å². The Balaban J connectivity index is 1.30. The summed E-state index contributed by atoms with van der Waals surface area (Å²) in [7, 11) is 0. The molecule has 1 aromatic heterocycles. The third-order valence-electron chi connectivity index (χ3n) is 5.72. The molecule has 2 aliphatic heterocycles. The van der Waals surface area contributed by atoms with Gasteiger partial charge in [0.05, 0.1) is 18.0 Å². The Morgan fingerprint density at radius 2 is 1.96 bits per heavy atom. The van der Waals surface area contributed by atoms with Crippen molar-refractivity contribution >= 4 is 5.91 Å². The number of ether oxygens (including phenoxy) is 1. The maximum atomic E-state index is 12.7. The predicted molar refractivity (Wildman–Crippen MR) is 103 cm³/mol. The number of carbonyl (C=O) groups is 1. The van der Waals surface area contributed by atoms with Gasteiger partial charge in [-0.05, 0) is 44.0 Å². The fraction of sp³-hybridized carbons (Fsp3) is 0.476. The van der Waals surface area contributed by atoms with E-state index in [2.05, 4.69) is 15.1 Å². The lowest BCUT2D eigenvalue weighted by molar-refractivity contribution is 0.0658. The number of amides is 1. The highest BCUT2D eigenvalue weighted by Gasteiger charge is 2.42. The van der Waals surface area contributed by atoms with Crippen molar-refractivity contribution < 1.29 is 9.53 Å². The van der Waals surface area contributed by atoms with Crippen molar-refractivity contribution in [2.75, 3.05) is 39.3 Å². The number of carbonyl (C=O) groups excluding carboxylic acids is 1. The molecule has 6 heteroatoms. The van der Waals surface area contributed by atoms with Crippen molar-refractivity contribution in [2.45, 2.75) is 19.3 Å². The topological polar surface area (TPSA) is 58.6 Å². The lowest BCUT2D eigenvalue weighted by Crippen LogP contribution is -2.46. The summed E-state index contributed by atoms with van der Waals surface area (Å²) in [6.45, 7) is 5.45. The summed E-state index contributed by atoms with van der Waals surface area (Å²) in [6, 6.07) is 11.7. The van der Waals surface area contributed by atoms with E-state index in [1.807, 2.05) is 35.2 Å². The Bertz CT molecular complexity index is 755. The van der Waals surface area contributed by atoms with Crippen LogP contribution in [0.15, 0.2) is 48.8 Å². The molecule has 0 N–H and O–H groups in total. The first-order valence-electron chi connectivity index (χ1n) is 9.70. The van der Waals surface area contributed by atoms with E-state index in [9.17, 15) is 4.79 Å². The maximum absolute atomic E-state index is 12.7. The fourth-order valence-corrected chi connectivity index (χ4v) is 4.35. The molecular formula is C21H26N4O2. The van der Waals surface area contributed by atoms with Crippen molar-refractivity contribution in [1.29, 1.82) is 0 Å². The normalized spacial score (nSPS) is 22.9. The SMILES string of the molecule is O=C(c1ccnnc1)N1CC[C@@]2(CCCN(CCOc3ccccc3)C2)C1. The van der Waals surface area contributed by atoms with Crippen LogP contribution in [0.4, 0.5) is 0 Å². The number of benzene rings is 1. The van der Waals surface area contributed by atoms with Gasteiger partial charge in [0, 0.05) is 31.6 Å². The molecule has 27 heavy (non-hydrogen) atoms. The Kier molecular flexibility index (Phi) is 5.34. The van der Waals surface area contributed by atoms with Gasteiger partial charge in [0.1, 0.15) is 12.4 Å². The zero-order valence-corrected chi connectivity index (χ0v) is 15.6. The number of aromatic nitrogens is 2. The van der Waals surface area contributed by atoms with E-state index in [1.165, 1.54) is 12.8 Å². The minimum Gasteiger partial charge on any atom is -0.492 e. The minimum atomic E-state index is 0.0753. The van der Waals surface area contributed by atoms with Crippen LogP contribution < -0.4 is 4.74 Å². The van der Waals surface area contributed by atoms with Crippen LogP contribution in [0, 0.1) is 5.41 Å². The molecule has 0 saturated carbocycles. The third-order valence-corrected chi connectivity index (χ3v) is 5.72. The first-order valence-corrected chi connectivity index (χ1v) is 9.70. The van der Waals surface area contributed by atoms with Gasteiger partial charge in [-0.2, -0.15) is 10.2 Å². The Morgan fingerprint density at radius 3 is 2.78 bits per heavy atom. The quantitative estimate of drug-likeness (QED) is 0.814. The number of hydrogen-bond donors (Lipinski definition) is 0. The van der Waals surface area contributed by atoms with E-state index in [0.717, 1.165) is 44.9 Å². The zero-order chi connectivity index (χ0) is 18.5. The van der Waals surface area contributed by atoms with E-state index < -0.39 is 0 Å². The molecule has 0 aliphatic carbocycles. The number of nitrogens with zero attached hydrogens (tertiary/aromatic N) is 4. The molecule has 2 aromatic rings. The van der Waals surface area contributed by atoms with Gasteiger partial charge in [0.25, 0.3) is 5.91 Å². The van der Waals surface area contributed by atoms with E-state index >= 15 is 0 Å². The first kappa shape index (κ1) is 17.9. The first-order chi connectivity index (χ1) is 13.2. The molecule has 1 atom stereocenters. The Labute approximate surface area is 160 Å². The van der Waals surface area contributed by atoms with Crippen LogP contribution in [0.25, 0.3) is 0 Å². The number of para-hydroxylation sites is 1. The van der Waals surface area contributed by atoms with Gasteiger partial charge in [0.15, 0.2) is 0 Å². The molecule has 2 saturated heterocycles. The molecule has 0 unspecified atom stereocenters. The minimum absolute atomic E-state index is 0.0753. The highest BCUT2D eigenvalue weighted by molar-refractivity contribution is 5.94. The lowest BCUT2D eigenvalue weighted by Gasteiger charge is -2.40. The van der Waals surface area contributed by atoms with E-state index in [4.69, 9.17) is 4.74 Å². The Morgan fingerprint density at radius 1 is 1.07 bits per heavy atom. The van der Waals surface area contributed by atoms with Crippen LogP contribution in [-0.2, 0) is 0 Å². The molecule has 4 rings (SSSR count).